The minimum atomic E-state index is -4.37. The Morgan fingerprint density at radius 1 is 1.00 bits per heavy atom. The smallest absolute Gasteiger partial charge is 0.356 e. The molecule has 0 amide bonds. The van der Waals surface area contributed by atoms with Crippen LogP contribution in [-0.4, -0.2) is 5.11 Å². The molecule has 2 rings (SSSR count). The van der Waals surface area contributed by atoms with Gasteiger partial charge in [0.2, 0.25) is 0 Å². The summed E-state index contributed by atoms with van der Waals surface area (Å²) >= 11 is 5.13. The van der Waals surface area contributed by atoms with Crippen molar-refractivity contribution in [3.05, 3.63) is 65.5 Å². The van der Waals surface area contributed by atoms with Crippen LogP contribution in [-0.2, 0) is 6.18 Å². The highest BCUT2D eigenvalue weighted by molar-refractivity contribution is 7.80. The number of hydrogen-bond acceptors (Lipinski definition) is 1. The Bertz CT molecular complexity index is 666. The van der Waals surface area contributed by atoms with Crippen LogP contribution in [0, 0.1) is 5.82 Å². The number of rotatable bonds is 3. The predicted octanol–water partition coefficient (Wildman–Crippen LogP) is 4.89. The van der Waals surface area contributed by atoms with Gasteiger partial charge in [0.05, 0.1) is 11.6 Å². The molecule has 0 aliphatic rings. The van der Waals surface area contributed by atoms with Gasteiger partial charge in [-0.15, -0.1) is 0 Å². The lowest BCUT2D eigenvalue weighted by Crippen LogP contribution is -2.30. The molecule has 0 saturated carbocycles. The zero-order chi connectivity index (χ0) is 17.0. The Kier molecular flexibility index (Phi) is 5.20. The van der Waals surface area contributed by atoms with E-state index in [1.165, 1.54) is 24.3 Å². The summed E-state index contributed by atoms with van der Waals surface area (Å²) in [5.74, 6) is -0.327. The zero-order valence-electron chi connectivity index (χ0n) is 12.1. The molecule has 0 aliphatic heterocycles. The highest BCUT2D eigenvalue weighted by Crippen LogP contribution is 2.29. The fraction of sp³-hybridized carbons (Fsp3) is 0.188. The van der Waals surface area contributed by atoms with Gasteiger partial charge in [-0.1, -0.05) is 12.1 Å². The SMILES string of the molecule is C[C@@H](NC(=S)Nc1ccc(C(F)(F)F)cc1)c1ccc(F)cc1. The Balaban J connectivity index is 1.95. The minimum absolute atomic E-state index is 0.176. The van der Waals surface area contributed by atoms with Crippen molar-refractivity contribution in [2.24, 2.45) is 0 Å². The summed E-state index contributed by atoms with van der Waals surface area (Å²) in [6.45, 7) is 1.84. The molecule has 0 heterocycles. The van der Waals surface area contributed by atoms with Crippen molar-refractivity contribution in [1.82, 2.24) is 5.32 Å². The third-order valence-electron chi connectivity index (χ3n) is 3.19. The van der Waals surface area contributed by atoms with E-state index >= 15 is 0 Å². The van der Waals surface area contributed by atoms with Gasteiger partial charge in [-0.25, -0.2) is 4.39 Å². The van der Waals surface area contributed by atoms with Gasteiger partial charge in [0.15, 0.2) is 5.11 Å². The summed E-state index contributed by atoms with van der Waals surface area (Å²) in [5.41, 5.74) is 0.561. The molecule has 0 saturated heterocycles. The van der Waals surface area contributed by atoms with Crippen molar-refractivity contribution in [3.8, 4) is 0 Å². The topological polar surface area (TPSA) is 24.1 Å². The summed E-state index contributed by atoms with van der Waals surface area (Å²) in [6, 6.07) is 10.4. The summed E-state index contributed by atoms with van der Waals surface area (Å²) in [4.78, 5) is 0. The molecule has 122 valence electrons. The third kappa shape index (κ3) is 4.92. The third-order valence-corrected chi connectivity index (χ3v) is 3.41. The lowest BCUT2D eigenvalue weighted by atomic mass is 10.1. The molecule has 0 aliphatic carbocycles. The predicted molar refractivity (Wildman–Crippen MR) is 85.6 cm³/mol. The summed E-state index contributed by atoms with van der Waals surface area (Å²) < 4.78 is 50.3. The molecule has 1 atom stereocenters. The molecule has 0 fully saturated rings. The molecule has 2 aromatic carbocycles. The van der Waals surface area contributed by atoms with E-state index in [9.17, 15) is 17.6 Å². The van der Waals surface area contributed by atoms with E-state index in [2.05, 4.69) is 10.6 Å². The lowest BCUT2D eigenvalue weighted by Gasteiger charge is -2.17. The molecular formula is C16H14F4N2S. The van der Waals surface area contributed by atoms with Crippen LogP contribution in [0.5, 0.6) is 0 Å². The van der Waals surface area contributed by atoms with E-state index < -0.39 is 11.7 Å². The summed E-state index contributed by atoms with van der Waals surface area (Å²) in [7, 11) is 0. The first kappa shape index (κ1) is 17.2. The van der Waals surface area contributed by atoms with Crippen LogP contribution in [0.4, 0.5) is 23.2 Å². The maximum Gasteiger partial charge on any atom is 0.416 e. The summed E-state index contributed by atoms with van der Waals surface area (Å²) in [5, 5.41) is 6.06. The van der Waals surface area contributed by atoms with Crippen molar-refractivity contribution in [2.75, 3.05) is 5.32 Å². The van der Waals surface area contributed by atoms with Gasteiger partial charge in [0, 0.05) is 5.69 Å². The van der Waals surface area contributed by atoms with E-state index in [-0.39, 0.29) is 17.0 Å². The van der Waals surface area contributed by atoms with E-state index in [1.807, 2.05) is 6.92 Å². The van der Waals surface area contributed by atoms with Crippen molar-refractivity contribution < 1.29 is 17.6 Å². The quantitative estimate of drug-likeness (QED) is 0.613. The molecule has 0 unspecified atom stereocenters. The number of alkyl halides is 3. The Labute approximate surface area is 136 Å². The summed E-state index contributed by atoms with van der Waals surface area (Å²) in [6.07, 6.45) is -4.37. The van der Waals surface area contributed by atoms with Crippen LogP contribution in [0.25, 0.3) is 0 Å². The number of anilines is 1. The molecule has 2 N–H and O–H groups in total. The first-order valence-electron chi connectivity index (χ1n) is 6.76. The Morgan fingerprint density at radius 2 is 1.57 bits per heavy atom. The van der Waals surface area contributed by atoms with Gasteiger partial charge in [-0.2, -0.15) is 13.2 Å². The molecule has 0 spiro atoms. The molecule has 0 bridgehead atoms. The fourth-order valence-corrected chi connectivity index (χ4v) is 2.24. The van der Waals surface area contributed by atoms with E-state index in [0.717, 1.165) is 17.7 Å². The largest absolute Gasteiger partial charge is 0.416 e. The lowest BCUT2D eigenvalue weighted by molar-refractivity contribution is -0.137. The van der Waals surface area contributed by atoms with Crippen LogP contribution in [0.1, 0.15) is 24.1 Å². The number of nitrogens with one attached hydrogen (secondary N) is 2. The van der Waals surface area contributed by atoms with Crippen LogP contribution >= 0.6 is 12.2 Å². The van der Waals surface area contributed by atoms with Gasteiger partial charge in [0.25, 0.3) is 0 Å². The second-order valence-electron chi connectivity index (χ2n) is 4.95. The first-order valence-corrected chi connectivity index (χ1v) is 7.17. The van der Waals surface area contributed by atoms with Crippen LogP contribution in [0.15, 0.2) is 48.5 Å². The van der Waals surface area contributed by atoms with Gasteiger partial charge in [-0.05, 0) is 61.1 Å². The molecule has 2 nitrogen and oxygen atoms in total. The molecule has 7 heteroatoms. The molecule has 0 radical (unpaired) electrons. The van der Waals surface area contributed by atoms with Gasteiger partial charge >= 0.3 is 6.18 Å². The Morgan fingerprint density at radius 3 is 2.09 bits per heavy atom. The van der Waals surface area contributed by atoms with E-state index in [0.29, 0.717) is 5.69 Å². The molecule has 23 heavy (non-hydrogen) atoms. The Hall–Kier alpha value is -2.15. The normalized spacial score (nSPS) is 12.6. The number of benzene rings is 2. The second-order valence-corrected chi connectivity index (χ2v) is 5.36. The minimum Gasteiger partial charge on any atom is -0.356 e. The van der Waals surface area contributed by atoms with Crippen molar-refractivity contribution in [2.45, 2.75) is 19.1 Å². The monoisotopic (exact) mass is 342 g/mol. The number of hydrogen-bond donors (Lipinski definition) is 2. The highest BCUT2D eigenvalue weighted by atomic mass is 32.1. The zero-order valence-corrected chi connectivity index (χ0v) is 12.9. The van der Waals surface area contributed by atoms with Crippen LogP contribution in [0.2, 0.25) is 0 Å². The van der Waals surface area contributed by atoms with Crippen molar-refractivity contribution in [3.63, 3.8) is 0 Å². The van der Waals surface area contributed by atoms with E-state index in [4.69, 9.17) is 12.2 Å². The fourth-order valence-electron chi connectivity index (χ4n) is 1.94. The average Bonchev–Trinajstić information content (AvgIpc) is 2.47. The van der Waals surface area contributed by atoms with Crippen molar-refractivity contribution >= 4 is 23.0 Å². The van der Waals surface area contributed by atoms with Gasteiger partial charge < -0.3 is 10.6 Å². The van der Waals surface area contributed by atoms with Crippen LogP contribution in [0.3, 0.4) is 0 Å². The molecule has 0 aromatic heterocycles. The first-order chi connectivity index (χ1) is 10.8. The average molecular weight is 342 g/mol. The highest BCUT2D eigenvalue weighted by Gasteiger charge is 2.29. The maximum absolute atomic E-state index is 12.9. The maximum atomic E-state index is 12.9. The van der Waals surface area contributed by atoms with Crippen LogP contribution < -0.4 is 10.6 Å². The molecular weight excluding hydrogens is 328 g/mol. The number of thiocarbonyl (C=S) groups is 1. The number of halogens is 4. The standard InChI is InChI=1S/C16H14F4N2S/c1-10(11-2-6-13(17)7-3-11)21-15(23)22-14-8-4-12(5-9-14)16(18,19)20/h2-10H,1H3,(H2,21,22,23)/t10-/m1/s1. The van der Waals surface area contributed by atoms with Gasteiger partial charge in [-0.3, -0.25) is 0 Å². The molecule has 2 aromatic rings. The van der Waals surface area contributed by atoms with Crippen molar-refractivity contribution in [1.29, 1.82) is 0 Å². The second kappa shape index (κ2) is 6.95. The van der Waals surface area contributed by atoms with E-state index in [1.54, 1.807) is 12.1 Å². The van der Waals surface area contributed by atoms with Gasteiger partial charge in [0.1, 0.15) is 5.82 Å².